The van der Waals surface area contributed by atoms with E-state index in [2.05, 4.69) is 4.72 Å². The molecule has 0 atom stereocenters. The number of carbonyl (C=O) groups is 1. The van der Waals surface area contributed by atoms with Crippen LogP contribution in [0.25, 0.3) is 6.08 Å². The molecule has 0 unspecified atom stereocenters. The van der Waals surface area contributed by atoms with Crippen LogP contribution in [0.2, 0.25) is 0 Å². The molecule has 7 heteroatoms. The van der Waals surface area contributed by atoms with Gasteiger partial charge in [0.1, 0.15) is 0 Å². The van der Waals surface area contributed by atoms with Crippen molar-refractivity contribution in [2.45, 2.75) is 13.5 Å². The predicted molar refractivity (Wildman–Crippen MR) is 77.2 cm³/mol. The molecule has 0 radical (unpaired) electrons. The molecule has 1 aromatic carbocycles. The van der Waals surface area contributed by atoms with E-state index < -0.39 is 16.2 Å². The highest BCUT2D eigenvalue weighted by atomic mass is 32.2. The van der Waals surface area contributed by atoms with Crippen LogP contribution in [0.3, 0.4) is 0 Å². The highest BCUT2D eigenvalue weighted by Crippen LogP contribution is 2.09. The fraction of sp³-hybridized carbons (Fsp3) is 0.308. The van der Waals surface area contributed by atoms with E-state index in [0.29, 0.717) is 6.54 Å². The molecule has 20 heavy (non-hydrogen) atoms. The highest BCUT2D eigenvalue weighted by Gasteiger charge is 2.15. The van der Waals surface area contributed by atoms with E-state index in [4.69, 9.17) is 5.11 Å². The van der Waals surface area contributed by atoms with Crippen LogP contribution in [-0.4, -0.2) is 37.4 Å². The Bertz CT molecular complexity index is 579. The Hall–Kier alpha value is -1.70. The monoisotopic (exact) mass is 298 g/mol. The molecule has 0 fully saturated rings. The molecule has 0 aliphatic rings. The van der Waals surface area contributed by atoms with Crippen LogP contribution in [0.15, 0.2) is 30.3 Å². The third kappa shape index (κ3) is 5.12. The number of aliphatic carboxylic acids is 1. The van der Waals surface area contributed by atoms with Gasteiger partial charge in [0.05, 0.1) is 0 Å². The Morgan fingerprint density at radius 2 is 1.95 bits per heavy atom. The Labute approximate surface area is 118 Å². The number of nitrogens with zero attached hydrogens (tertiary/aromatic N) is 1. The zero-order valence-corrected chi connectivity index (χ0v) is 12.2. The number of hydrogen-bond acceptors (Lipinski definition) is 3. The van der Waals surface area contributed by atoms with Crippen molar-refractivity contribution in [3.8, 4) is 0 Å². The summed E-state index contributed by atoms with van der Waals surface area (Å²) in [7, 11) is -1.95. The van der Waals surface area contributed by atoms with Crippen LogP contribution < -0.4 is 4.72 Å². The molecule has 0 bridgehead atoms. The van der Waals surface area contributed by atoms with Crippen molar-refractivity contribution in [3.63, 3.8) is 0 Å². The average molecular weight is 298 g/mol. The van der Waals surface area contributed by atoms with Gasteiger partial charge in [-0.1, -0.05) is 31.2 Å². The quantitative estimate of drug-likeness (QED) is 0.737. The summed E-state index contributed by atoms with van der Waals surface area (Å²) >= 11 is 0. The number of carboxylic acids is 1. The van der Waals surface area contributed by atoms with Crippen molar-refractivity contribution in [1.29, 1.82) is 0 Å². The van der Waals surface area contributed by atoms with Crippen molar-refractivity contribution >= 4 is 22.3 Å². The molecule has 110 valence electrons. The fourth-order valence-electron chi connectivity index (χ4n) is 1.54. The molecule has 6 nitrogen and oxygen atoms in total. The molecule has 0 heterocycles. The summed E-state index contributed by atoms with van der Waals surface area (Å²) in [5.41, 5.74) is 1.56. The predicted octanol–water partition coefficient (Wildman–Crippen LogP) is 1.07. The number of benzene rings is 1. The summed E-state index contributed by atoms with van der Waals surface area (Å²) in [4.78, 5) is 10.4. The van der Waals surface area contributed by atoms with Crippen LogP contribution in [0, 0.1) is 0 Å². The zero-order chi connectivity index (χ0) is 15.2. The molecule has 1 aromatic rings. The molecule has 1 rings (SSSR count). The maximum atomic E-state index is 11.7. The van der Waals surface area contributed by atoms with Crippen molar-refractivity contribution in [1.82, 2.24) is 9.03 Å². The lowest BCUT2D eigenvalue weighted by Gasteiger charge is -2.17. The van der Waals surface area contributed by atoms with E-state index in [0.717, 1.165) is 17.2 Å². The van der Waals surface area contributed by atoms with Gasteiger partial charge in [0, 0.05) is 26.2 Å². The van der Waals surface area contributed by atoms with Gasteiger partial charge in [-0.15, -0.1) is 0 Å². The van der Waals surface area contributed by atoms with Crippen LogP contribution >= 0.6 is 0 Å². The van der Waals surface area contributed by atoms with E-state index >= 15 is 0 Å². The first-order valence-corrected chi connectivity index (χ1v) is 7.50. The number of carboxylic acid groups (broad SMARTS) is 1. The topological polar surface area (TPSA) is 86.7 Å². The van der Waals surface area contributed by atoms with E-state index in [1.54, 1.807) is 31.2 Å². The Balaban J connectivity index is 2.73. The maximum Gasteiger partial charge on any atom is 0.328 e. The fourth-order valence-corrected chi connectivity index (χ4v) is 2.44. The summed E-state index contributed by atoms with van der Waals surface area (Å²) in [6.45, 7) is 2.30. The number of rotatable bonds is 7. The lowest BCUT2D eigenvalue weighted by Crippen LogP contribution is -2.37. The van der Waals surface area contributed by atoms with E-state index in [-0.39, 0.29) is 6.54 Å². The van der Waals surface area contributed by atoms with Gasteiger partial charge in [-0.2, -0.15) is 12.7 Å². The van der Waals surface area contributed by atoms with Crippen molar-refractivity contribution in [2.24, 2.45) is 0 Å². The lowest BCUT2D eigenvalue weighted by molar-refractivity contribution is -0.131. The summed E-state index contributed by atoms with van der Waals surface area (Å²) < 4.78 is 27.1. The molecule has 0 aromatic heterocycles. The minimum atomic E-state index is -3.45. The normalized spacial score (nSPS) is 12.2. The van der Waals surface area contributed by atoms with Gasteiger partial charge >= 0.3 is 5.97 Å². The van der Waals surface area contributed by atoms with Gasteiger partial charge in [-0.05, 0) is 17.2 Å². The SMILES string of the molecule is CCNS(=O)(=O)N(C)Cc1ccc(/C=C/C(=O)O)cc1. The third-order valence-electron chi connectivity index (χ3n) is 2.54. The van der Waals surface area contributed by atoms with Crippen molar-refractivity contribution < 1.29 is 18.3 Å². The van der Waals surface area contributed by atoms with Gasteiger partial charge in [0.15, 0.2) is 0 Å². The second-order valence-electron chi connectivity index (χ2n) is 4.17. The Morgan fingerprint density at radius 3 is 2.45 bits per heavy atom. The smallest absolute Gasteiger partial charge is 0.328 e. The molecule has 0 saturated carbocycles. The maximum absolute atomic E-state index is 11.7. The van der Waals surface area contributed by atoms with Gasteiger partial charge in [0.2, 0.25) is 0 Å². The zero-order valence-electron chi connectivity index (χ0n) is 11.4. The molecule has 0 saturated heterocycles. The van der Waals surface area contributed by atoms with Crippen LogP contribution in [0.5, 0.6) is 0 Å². The number of nitrogens with one attached hydrogen (secondary N) is 1. The molecule has 0 aliphatic heterocycles. The Kier molecular flexibility index (Phi) is 5.87. The van der Waals surface area contributed by atoms with Gasteiger partial charge in [-0.3, -0.25) is 0 Å². The largest absolute Gasteiger partial charge is 0.478 e. The standard InChI is InChI=1S/C13H18N2O4S/c1-3-14-20(18,19)15(2)10-12-6-4-11(5-7-12)8-9-13(16)17/h4-9,14H,3,10H2,1-2H3,(H,16,17)/b9-8+. The Morgan fingerprint density at radius 1 is 1.35 bits per heavy atom. The van der Waals surface area contributed by atoms with Crippen molar-refractivity contribution in [2.75, 3.05) is 13.6 Å². The van der Waals surface area contributed by atoms with Gasteiger partial charge in [0.25, 0.3) is 10.2 Å². The average Bonchev–Trinajstić information content (AvgIpc) is 2.37. The summed E-state index contributed by atoms with van der Waals surface area (Å²) in [6.07, 6.45) is 2.53. The molecule has 0 amide bonds. The van der Waals surface area contributed by atoms with E-state index in [9.17, 15) is 13.2 Å². The van der Waals surface area contributed by atoms with E-state index in [1.165, 1.54) is 17.4 Å². The van der Waals surface area contributed by atoms with Crippen LogP contribution in [0.4, 0.5) is 0 Å². The van der Waals surface area contributed by atoms with Gasteiger partial charge in [-0.25, -0.2) is 9.52 Å². The molecule has 0 spiro atoms. The van der Waals surface area contributed by atoms with Crippen molar-refractivity contribution in [3.05, 3.63) is 41.5 Å². The number of hydrogen-bond donors (Lipinski definition) is 2. The first-order chi connectivity index (χ1) is 9.35. The molecule has 2 N–H and O–H groups in total. The van der Waals surface area contributed by atoms with Gasteiger partial charge < -0.3 is 5.11 Å². The summed E-state index contributed by atoms with van der Waals surface area (Å²) in [6, 6.07) is 7.00. The molecular formula is C13H18N2O4S. The summed E-state index contributed by atoms with van der Waals surface area (Å²) in [5, 5.41) is 8.52. The third-order valence-corrected chi connectivity index (χ3v) is 4.14. The second-order valence-corrected chi connectivity index (χ2v) is 6.03. The minimum absolute atomic E-state index is 0.248. The molecular weight excluding hydrogens is 280 g/mol. The van der Waals surface area contributed by atoms with Crippen LogP contribution in [0.1, 0.15) is 18.1 Å². The second kappa shape index (κ2) is 7.18. The van der Waals surface area contributed by atoms with E-state index in [1.807, 2.05) is 0 Å². The lowest BCUT2D eigenvalue weighted by atomic mass is 10.1. The molecule has 0 aliphatic carbocycles. The van der Waals surface area contributed by atoms with Crippen LogP contribution in [-0.2, 0) is 21.5 Å². The highest BCUT2D eigenvalue weighted by molar-refractivity contribution is 7.87. The minimum Gasteiger partial charge on any atom is -0.478 e. The first-order valence-electron chi connectivity index (χ1n) is 6.06. The first kappa shape index (κ1) is 16.4. The summed E-state index contributed by atoms with van der Waals surface area (Å²) in [5.74, 6) is -1.01.